The van der Waals surface area contributed by atoms with Crippen LogP contribution >= 0.6 is 12.4 Å². The maximum atomic E-state index is 13.3. The zero-order valence-corrected chi connectivity index (χ0v) is 14.4. The van der Waals surface area contributed by atoms with Crippen LogP contribution in [0.3, 0.4) is 0 Å². The van der Waals surface area contributed by atoms with Crippen LogP contribution in [-0.4, -0.2) is 34.1 Å². The van der Waals surface area contributed by atoms with Crippen molar-refractivity contribution in [1.82, 2.24) is 19.8 Å². The molecule has 1 N–H and O–H groups in total. The summed E-state index contributed by atoms with van der Waals surface area (Å²) in [7, 11) is 1.86. The molecule has 1 unspecified atom stereocenters. The summed E-state index contributed by atoms with van der Waals surface area (Å²) < 4.78 is 54.7. The van der Waals surface area contributed by atoms with Crippen LogP contribution in [0.15, 0.2) is 30.6 Å². The van der Waals surface area contributed by atoms with Gasteiger partial charge in [0.25, 0.3) is 0 Å². The Balaban J connectivity index is 0.00000225. The number of nitrogens with one attached hydrogen (secondary N) is 1. The van der Waals surface area contributed by atoms with E-state index in [1.165, 1.54) is 6.07 Å². The SMILES string of the molecule is Cl.Cn1ccnc1C1CNCCN1Cc1ccc(F)cc1C(F)(F)F. The van der Waals surface area contributed by atoms with E-state index in [9.17, 15) is 17.6 Å². The smallest absolute Gasteiger partial charge is 0.337 e. The van der Waals surface area contributed by atoms with Gasteiger partial charge in [-0.3, -0.25) is 4.90 Å². The van der Waals surface area contributed by atoms with E-state index < -0.39 is 17.6 Å². The molecular weight excluding hydrogens is 360 g/mol. The summed E-state index contributed by atoms with van der Waals surface area (Å²) in [4.78, 5) is 6.26. The first-order valence-corrected chi connectivity index (χ1v) is 7.64. The Bertz CT molecular complexity index is 716. The predicted octanol–water partition coefficient (Wildman–Crippen LogP) is 3.15. The van der Waals surface area contributed by atoms with Crippen LogP contribution < -0.4 is 5.32 Å². The number of aryl methyl sites for hydroxylation is 1. The second-order valence-corrected chi connectivity index (χ2v) is 5.89. The molecule has 1 fully saturated rings. The minimum atomic E-state index is -4.58. The molecule has 138 valence electrons. The third kappa shape index (κ3) is 4.31. The van der Waals surface area contributed by atoms with E-state index >= 15 is 0 Å². The van der Waals surface area contributed by atoms with Gasteiger partial charge in [-0.2, -0.15) is 13.2 Å². The highest BCUT2D eigenvalue weighted by molar-refractivity contribution is 5.85. The molecule has 0 bridgehead atoms. The summed E-state index contributed by atoms with van der Waals surface area (Å²) in [5.74, 6) is -0.0927. The molecule has 0 radical (unpaired) electrons. The van der Waals surface area contributed by atoms with E-state index in [0.29, 0.717) is 25.7 Å². The van der Waals surface area contributed by atoms with E-state index in [2.05, 4.69) is 10.3 Å². The van der Waals surface area contributed by atoms with Crippen molar-refractivity contribution >= 4 is 12.4 Å². The lowest BCUT2D eigenvalue weighted by Crippen LogP contribution is -2.46. The number of alkyl halides is 3. The molecule has 0 amide bonds. The number of rotatable bonds is 3. The maximum Gasteiger partial charge on any atom is 0.416 e. The van der Waals surface area contributed by atoms with Crippen molar-refractivity contribution < 1.29 is 17.6 Å². The number of nitrogens with zero attached hydrogens (tertiary/aromatic N) is 3. The van der Waals surface area contributed by atoms with E-state index in [4.69, 9.17) is 0 Å². The summed E-state index contributed by atoms with van der Waals surface area (Å²) in [6.07, 6.45) is -1.10. The molecule has 1 aliphatic rings. The van der Waals surface area contributed by atoms with Gasteiger partial charge in [0.2, 0.25) is 0 Å². The lowest BCUT2D eigenvalue weighted by Gasteiger charge is -2.36. The van der Waals surface area contributed by atoms with Crippen molar-refractivity contribution in [3.63, 3.8) is 0 Å². The molecule has 0 saturated carbocycles. The fourth-order valence-electron chi connectivity index (χ4n) is 3.06. The molecule has 0 spiro atoms. The molecule has 2 heterocycles. The van der Waals surface area contributed by atoms with Crippen molar-refractivity contribution in [2.24, 2.45) is 7.05 Å². The molecule has 1 aliphatic heterocycles. The number of halogens is 5. The summed E-state index contributed by atoms with van der Waals surface area (Å²) in [6.45, 7) is 1.97. The molecule has 1 aromatic heterocycles. The number of benzene rings is 1. The second kappa shape index (κ2) is 7.72. The number of imidazole rings is 1. The van der Waals surface area contributed by atoms with E-state index in [1.54, 1.807) is 12.4 Å². The average molecular weight is 379 g/mol. The van der Waals surface area contributed by atoms with Gasteiger partial charge in [-0.15, -0.1) is 12.4 Å². The van der Waals surface area contributed by atoms with Crippen LogP contribution in [0.1, 0.15) is 23.0 Å². The van der Waals surface area contributed by atoms with Gasteiger partial charge in [0, 0.05) is 45.6 Å². The quantitative estimate of drug-likeness (QED) is 0.833. The number of hydrogen-bond acceptors (Lipinski definition) is 3. The Hall–Kier alpha value is -1.64. The first-order valence-electron chi connectivity index (χ1n) is 7.64. The zero-order chi connectivity index (χ0) is 17.3. The van der Waals surface area contributed by atoms with E-state index in [-0.39, 0.29) is 30.6 Å². The van der Waals surface area contributed by atoms with Crippen LogP contribution in [0.2, 0.25) is 0 Å². The van der Waals surface area contributed by atoms with Crippen molar-refractivity contribution in [3.8, 4) is 0 Å². The molecule has 2 aromatic rings. The average Bonchev–Trinajstić information content (AvgIpc) is 2.94. The molecule has 1 aromatic carbocycles. The standard InChI is InChI=1S/C16H18F4N4.ClH/c1-23-6-5-22-15(23)14-9-21-4-7-24(14)10-11-2-3-12(17)8-13(11)16(18,19)20;/h2-3,5-6,8,14,21H,4,7,9-10H2,1H3;1H. The Morgan fingerprint density at radius 3 is 2.72 bits per heavy atom. The fourth-order valence-corrected chi connectivity index (χ4v) is 3.06. The lowest BCUT2D eigenvalue weighted by molar-refractivity contribution is -0.138. The summed E-state index contributed by atoms with van der Waals surface area (Å²) in [6, 6.07) is 2.72. The van der Waals surface area contributed by atoms with E-state index in [0.717, 1.165) is 11.9 Å². The fraction of sp³-hybridized carbons (Fsp3) is 0.438. The molecule has 9 heteroatoms. The van der Waals surface area contributed by atoms with Crippen LogP contribution in [0.25, 0.3) is 0 Å². The van der Waals surface area contributed by atoms with Crippen molar-refractivity contribution in [3.05, 3.63) is 53.4 Å². The topological polar surface area (TPSA) is 33.1 Å². The molecule has 3 rings (SSSR count). The van der Waals surface area contributed by atoms with Gasteiger partial charge < -0.3 is 9.88 Å². The molecule has 1 atom stereocenters. The third-order valence-corrected chi connectivity index (χ3v) is 4.26. The monoisotopic (exact) mass is 378 g/mol. The number of piperazine rings is 1. The van der Waals surface area contributed by atoms with Gasteiger partial charge in [-0.25, -0.2) is 9.37 Å². The maximum absolute atomic E-state index is 13.3. The summed E-state index contributed by atoms with van der Waals surface area (Å²) in [5, 5.41) is 3.24. The van der Waals surface area contributed by atoms with Crippen molar-refractivity contribution in [2.45, 2.75) is 18.8 Å². The van der Waals surface area contributed by atoms with Crippen LogP contribution in [0, 0.1) is 5.82 Å². The van der Waals surface area contributed by atoms with Crippen molar-refractivity contribution in [1.29, 1.82) is 0 Å². The molecule has 25 heavy (non-hydrogen) atoms. The highest BCUT2D eigenvalue weighted by atomic mass is 35.5. The number of hydrogen-bond donors (Lipinski definition) is 1. The minimum absolute atomic E-state index is 0. The van der Waals surface area contributed by atoms with E-state index in [1.807, 2.05) is 16.5 Å². The van der Waals surface area contributed by atoms with Gasteiger partial charge in [-0.1, -0.05) is 6.07 Å². The highest BCUT2D eigenvalue weighted by Gasteiger charge is 2.35. The van der Waals surface area contributed by atoms with Gasteiger partial charge in [0.15, 0.2) is 0 Å². The summed E-state index contributed by atoms with van der Waals surface area (Å²) >= 11 is 0. The van der Waals surface area contributed by atoms with Gasteiger partial charge in [0.05, 0.1) is 11.6 Å². The van der Waals surface area contributed by atoms with Crippen LogP contribution in [-0.2, 0) is 19.8 Å². The Morgan fingerprint density at radius 2 is 2.08 bits per heavy atom. The molecule has 0 aliphatic carbocycles. The first-order chi connectivity index (χ1) is 11.4. The second-order valence-electron chi connectivity index (χ2n) is 5.89. The largest absolute Gasteiger partial charge is 0.416 e. The van der Waals surface area contributed by atoms with Gasteiger partial charge in [-0.05, 0) is 17.7 Å². The van der Waals surface area contributed by atoms with Gasteiger partial charge in [0.1, 0.15) is 11.6 Å². The minimum Gasteiger partial charge on any atom is -0.337 e. The Morgan fingerprint density at radius 1 is 1.32 bits per heavy atom. The highest BCUT2D eigenvalue weighted by Crippen LogP contribution is 2.34. The summed E-state index contributed by atoms with van der Waals surface area (Å²) in [5.41, 5.74) is -0.843. The van der Waals surface area contributed by atoms with Gasteiger partial charge >= 0.3 is 6.18 Å². The predicted molar refractivity (Wildman–Crippen MR) is 87.9 cm³/mol. The third-order valence-electron chi connectivity index (χ3n) is 4.26. The van der Waals surface area contributed by atoms with Crippen LogP contribution in [0.5, 0.6) is 0 Å². The van der Waals surface area contributed by atoms with Crippen LogP contribution in [0.4, 0.5) is 17.6 Å². The normalized spacial score (nSPS) is 18.8. The van der Waals surface area contributed by atoms with Crippen molar-refractivity contribution in [2.75, 3.05) is 19.6 Å². The molecule has 1 saturated heterocycles. The molecular formula is C16H19ClF4N4. The lowest BCUT2D eigenvalue weighted by atomic mass is 10.0. The Kier molecular flexibility index (Phi) is 6.08. The molecule has 4 nitrogen and oxygen atoms in total. The number of aromatic nitrogens is 2. The Labute approximate surface area is 149 Å². The zero-order valence-electron chi connectivity index (χ0n) is 13.6. The first kappa shape index (κ1) is 19.7.